The van der Waals surface area contributed by atoms with E-state index in [9.17, 15) is 14.4 Å². The molecule has 0 radical (unpaired) electrons. The highest BCUT2D eigenvalue weighted by atomic mass is 32.1. The monoisotopic (exact) mass is 379 g/mol. The molecular weight excluding hydrogens is 362 g/mol. The molecule has 0 saturated heterocycles. The van der Waals surface area contributed by atoms with Gasteiger partial charge in [0.2, 0.25) is 5.91 Å². The zero-order valence-electron chi connectivity index (χ0n) is 14.5. The predicted octanol–water partition coefficient (Wildman–Crippen LogP) is 4.21. The van der Waals surface area contributed by atoms with Crippen LogP contribution in [-0.2, 0) is 4.79 Å². The molecular formula is C20H17N3O3S. The normalized spacial score (nSPS) is 10.1. The number of hydrogen-bond acceptors (Lipinski definition) is 4. The molecule has 3 N–H and O–H groups in total. The van der Waals surface area contributed by atoms with Crippen molar-refractivity contribution in [3.05, 3.63) is 76.5 Å². The van der Waals surface area contributed by atoms with Gasteiger partial charge < -0.3 is 16.0 Å². The molecule has 1 aromatic heterocycles. The molecule has 0 atom stereocenters. The maximum Gasteiger partial charge on any atom is 0.265 e. The SMILES string of the molecule is CC(=O)Nc1cccc(NC(=O)c2cccc(NC(=O)c3cccs3)c2)c1. The lowest BCUT2D eigenvalue weighted by Crippen LogP contribution is -2.14. The Morgan fingerprint density at radius 3 is 2.04 bits per heavy atom. The Morgan fingerprint density at radius 1 is 0.741 bits per heavy atom. The molecule has 3 aromatic rings. The minimum atomic E-state index is -0.317. The van der Waals surface area contributed by atoms with E-state index in [0.717, 1.165) is 0 Å². The van der Waals surface area contributed by atoms with E-state index in [1.54, 1.807) is 60.7 Å². The number of hydrogen-bond donors (Lipinski definition) is 3. The van der Waals surface area contributed by atoms with Gasteiger partial charge in [0, 0.05) is 29.5 Å². The third-order valence-electron chi connectivity index (χ3n) is 3.57. The molecule has 0 aliphatic rings. The fourth-order valence-corrected chi connectivity index (χ4v) is 3.04. The van der Waals surface area contributed by atoms with Crippen LogP contribution in [0.25, 0.3) is 0 Å². The highest BCUT2D eigenvalue weighted by Crippen LogP contribution is 2.18. The third-order valence-corrected chi connectivity index (χ3v) is 4.44. The molecule has 0 unspecified atom stereocenters. The largest absolute Gasteiger partial charge is 0.326 e. The minimum absolute atomic E-state index is 0.187. The van der Waals surface area contributed by atoms with E-state index in [-0.39, 0.29) is 17.7 Å². The van der Waals surface area contributed by atoms with Crippen molar-refractivity contribution in [2.75, 3.05) is 16.0 Å². The Kier molecular flexibility index (Phi) is 5.63. The number of amides is 3. The van der Waals surface area contributed by atoms with Crippen LogP contribution in [0.2, 0.25) is 0 Å². The molecule has 0 aliphatic heterocycles. The Balaban J connectivity index is 1.70. The van der Waals surface area contributed by atoms with Crippen molar-refractivity contribution in [2.45, 2.75) is 6.92 Å². The predicted molar refractivity (Wildman–Crippen MR) is 107 cm³/mol. The van der Waals surface area contributed by atoms with Gasteiger partial charge in [0.15, 0.2) is 0 Å². The van der Waals surface area contributed by atoms with E-state index in [1.807, 2.05) is 5.38 Å². The number of thiophene rings is 1. The van der Waals surface area contributed by atoms with Gasteiger partial charge in [0.1, 0.15) is 0 Å². The van der Waals surface area contributed by atoms with E-state index in [0.29, 0.717) is 27.5 Å². The molecule has 0 fully saturated rings. The van der Waals surface area contributed by atoms with Gasteiger partial charge in [0.05, 0.1) is 4.88 Å². The highest BCUT2D eigenvalue weighted by Gasteiger charge is 2.10. The third kappa shape index (κ3) is 5.02. The van der Waals surface area contributed by atoms with Crippen LogP contribution >= 0.6 is 11.3 Å². The van der Waals surface area contributed by atoms with E-state index in [2.05, 4.69) is 16.0 Å². The standard InChI is InChI=1S/C20H17N3O3S/c1-13(24)21-16-7-3-8-17(12-16)22-19(25)14-5-2-6-15(11-14)23-20(26)18-9-4-10-27-18/h2-12H,1H3,(H,21,24)(H,22,25)(H,23,26). The minimum Gasteiger partial charge on any atom is -0.326 e. The average molecular weight is 379 g/mol. The lowest BCUT2D eigenvalue weighted by atomic mass is 10.1. The van der Waals surface area contributed by atoms with E-state index < -0.39 is 0 Å². The van der Waals surface area contributed by atoms with Crippen LogP contribution in [0.15, 0.2) is 66.0 Å². The van der Waals surface area contributed by atoms with Crippen LogP contribution < -0.4 is 16.0 Å². The number of carbonyl (C=O) groups is 3. The number of anilines is 3. The molecule has 1 heterocycles. The summed E-state index contributed by atoms with van der Waals surface area (Å²) in [4.78, 5) is 36.4. The molecule has 0 spiro atoms. The molecule has 27 heavy (non-hydrogen) atoms. The van der Waals surface area contributed by atoms with Gasteiger partial charge >= 0.3 is 0 Å². The first kappa shape index (κ1) is 18.3. The first-order valence-corrected chi connectivity index (χ1v) is 9.03. The Labute approximate surface area is 160 Å². The van der Waals surface area contributed by atoms with Crippen molar-refractivity contribution in [3.63, 3.8) is 0 Å². The summed E-state index contributed by atoms with van der Waals surface area (Å²) in [7, 11) is 0. The summed E-state index contributed by atoms with van der Waals surface area (Å²) in [5, 5.41) is 10.0. The molecule has 0 saturated carbocycles. The number of nitrogens with one attached hydrogen (secondary N) is 3. The zero-order chi connectivity index (χ0) is 19.2. The van der Waals surface area contributed by atoms with Crippen LogP contribution in [0, 0.1) is 0 Å². The highest BCUT2D eigenvalue weighted by molar-refractivity contribution is 7.12. The van der Waals surface area contributed by atoms with E-state index in [1.165, 1.54) is 18.3 Å². The summed E-state index contributed by atoms with van der Waals surface area (Å²) >= 11 is 1.35. The first-order valence-electron chi connectivity index (χ1n) is 8.15. The smallest absolute Gasteiger partial charge is 0.265 e. The van der Waals surface area contributed by atoms with Crippen molar-refractivity contribution in [1.29, 1.82) is 0 Å². The summed E-state index contributed by atoms with van der Waals surface area (Å²) in [6, 6.07) is 17.1. The Morgan fingerprint density at radius 2 is 1.37 bits per heavy atom. The van der Waals surface area contributed by atoms with Crippen molar-refractivity contribution in [1.82, 2.24) is 0 Å². The van der Waals surface area contributed by atoms with Crippen LogP contribution in [0.3, 0.4) is 0 Å². The summed E-state index contributed by atoms with van der Waals surface area (Å²) in [6.45, 7) is 1.42. The van der Waals surface area contributed by atoms with Gasteiger partial charge in [-0.25, -0.2) is 0 Å². The second kappa shape index (κ2) is 8.29. The summed E-state index contributed by atoms with van der Waals surface area (Å²) in [6.07, 6.45) is 0. The summed E-state index contributed by atoms with van der Waals surface area (Å²) in [5.41, 5.74) is 2.09. The quantitative estimate of drug-likeness (QED) is 0.620. The Hall–Kier alpha value is -3.45. The van der Waals surface area contributed by atoms with E-state index in [4.69, 9.17) is 0 Å². The van der Waals surface area contributed by atoms with Crippen LogP contribution in [0.5, 0.6) is 0 Å². The van der Waals surface area contributed by atoms with Crippen LogP contribution in [0.4, 0.5) is 17.1 Å². The van der Waals surface area contributed by atoms with Gasteiger partial charge in [-0.2, -0.15) is 0 Å². The molecule has 0 bridgehead atoms. The lowest BCUT2D eigenvalue weighted by Gasteiger charge is -2.09. The molecule has 6 nitrogen and oxygen atoms in total. The lowest BCUT2D eigenvalue weighted by molar-refractivity contribution is -0.114. The second-order valence-corrected chi connectivity index (χ2v) is 6.68. The first-order chi connectivity index (χ1) is 13.0. The Bertz CT molecular complexity index is 984. The van der Waals surface area contributed by atoms with Crippen molar-refractivity contribution >= 4 is 46.1 Å². The van der Waals surface area contributed by atoms with Crippen molar-refractivity contribution < 1.29 is 14.4 Å². The van der Waals surface area contributed by atoms with Crippen molar-refractivity contribution in [3.8, 4) is 0 Å². The molecule has 3 amide bonds. The van der Waals surface area contributed by atoms with Gasteiger partial charge in [-0.3, -0.25) is 14.4 Å². The summed E-state index contributed by atoms with van der Waals surface area (Å²) in [5.74, 6) is -0.722. The van der Waals surface area contributed by atoms with Crippen molar-refractivity contribution in [2.24, 2.45) is 0 Å². The van der Waals surface area contributed by atoms with E-state index >= 15 is 0 Å². The maximum atomic E-state index is 12.5. The van der Waals surface area contributed by atoms with Gasteiger partial charge in [-0.05, 0) is 47.8 Å². The number of carbonyl (C=O) groups excluding carboxylic acids is 3. The van der Waals surface area contributed by atoms with Crippen LogP contribution in [0.1, 0.15) is 27.0 Å². The zero-order valence-corrected chi connectivity index (χ0v) is 15.3. The molecule has 136 valence electrons. The number of rotatable bonds is 5. The molecule has 0 aliphatic carbocycles. The molecule has 3 rings (SSSR count). The van der Waals surface area contributed by atoms with Crippen LogP contribution in [-0.4, -0.2) is 17.7 Å². The van der Waals surface area contributed by atoms with Gasteiger partial charge in [0.25, 0.3) is 11.8 Å². The fraction of sp³-hybridized carbons (Fsp3) is 0.0500. The molecule has 7 heteroatoms. The second-order valence-electron chi connectivity index (χ2n) is 5.73. The van der Waals surface area contributed by atoms with Gasteiger partial charge in [-0.1, -0.05) is 18.2 Å². The summed E-state index contributed by atoms with van der Waals surface area (Å²) < 4.78 is 0. The topological polar surface area (TPSA) is 87.3 Å². The molecule has 2 aromatic carbocycles. The average Bonchev–Trinajstić information content (AvgIpc) is 3.16. The number of benzene rings is 2. The fourth-order valence-electron chi connectivity index (χ4n) is 2.42. The maximum absolute atomic E-state index is 12.5. The van der Waals surface area contributed by atoms with Gasteiger partial charge in [-0.15, -0.1) is 11.3 Å².